The van der Waals surface area contributed by atoms with Gasteiger partial charge in [-0.05, 0) is 37.8 Å². The van der Waals surface area contributed by atoms with Gasteiger partial charge in [0, 0.05) is 23.9 Å². The van der Waals surface area contributed by atoms with Gasteiger partial charge in [0.05, 0.1) is 10.9 Å². The molecule has 3 N–H and O–H groups in total. The summed E-state index contributed by atoms with van der Waals surface area (Å²) >= 11 is 7.34. The van der Waals surface area contributed by atoms with Gasteiger partial charge in [-0.25, -0.2) is 4.39 Å². The Morgan fingerprint density at radius 1 is 1.46 bits per heavy atom. The number of aromatic nitrogens is 2. The van der Waals surface area contributed by atoms with Crippen LogP contribution in [0.5, 0.6) is 0 Å². The third-order valence-corrected chi connectivity index (χ3v) is 6.32. The topological polar surface area (TPSA) is 81.2 Å². The molecule has 1 amide bonds. The van der Waals surface area contributed by atoms with E-state index in [9.17, 15) is 14.3 Å². The van der Waals surface area contributed by atoms with Gasteiger partial charge in [0.15, 0.2) is 11.6 Å². The number of thiophene rings is 1. The van der Waals surface area contributed by atoms with Crippen molar-refractivity contribution >= 4 is 34.7 Å². The van der Waals surface area contributed by atoms with Crippen LogP contribution in [0.4, 0.5) is 10.2 Å². The van der Waals surface area contributed by atoms with Gasteiger partial charge in [-0.15, -0.1) is 11.3 Å². The second-order valence-corrected chi connectivity index (χ2v) is 8.75. The van der Waals surface area contributed by atoms with E-state index in [4.69, 9.17) is 11.6 Å². The maximum absolute atomic E-state index is 14.7. The maximum atomic E-state index is 14.7. The first-order valence-corrected chi connectivity index (χ1v) is 9.89. The highest BCUT2D eigenvalue weighted by Crippen LogP contribution is 2.39. The molecule has 0 bridgehead atoms. The third-order valence-electron chi connectivity index (χ3n) is 5.09. The standard InChI is InChI=1S/C17H20ClFN4O2S/c18-12-2-1-11(26-12)9-20-15-13(19)14(21-22-15)10-3-7-23(8-4-10)16(24)17(25)5-6-17/h1-2,10,25H,3-9H2,(H2,20,21,22). The lowest BCUT2D eigenvalue weighted by molar-refractivity contribution is -0.143. The van der Waals surface area contributed by atoms with Gasteiger partial charge in [-0.3, -0.25) is 9.89 Å². The number of hydrogen-bond donors (Lipinski definition) is 3. The molecule has 1 aliphatic carbocycles. The maximum Gasteiger partial charge on any atom is 0.254 e. The van der Waals surface area contributed by atoms with Crippen molar-refractivity contribution in [2.24, 2.45) is 0 Å². The number of amides is 1. The molecule has 0 unspecified atom stereocenters. The van der Waals surface area contributed by atoms with Crippen molar-refractivity contribution in [2.45, 2.75) is 43.7 Å². The predicted molar refractivity (Wildman–Crippen MR) is 97.9 cm³/mol. The lowest BCUT2D eigenvalue weighted by Gasteiger charge is -2.32. The predicted octanol–water partition coefficient (Wildman–Crippen LogP) is 3.11. The Balaban J connectivity index is 1.35. The first-order chi connectivity index (χ1) is 12.5. The molecule has 4 rings (SSSR count). The number of piperidine rings is 1. The Hall–Kier alpha value is -1.64. The average molecular weight is 399 g/mol. The van der Waals surface area contributed by atoms with E-state index in [0.717, 1.165) is 4.88 Å². The zero-order chi connectivity index (χ0) is 18.3. The lowest BCUT2D eigenvalue weighted by atomic mass is 9.93. The van der Waals surface area contributed by atoms with Crippen LogP contribution in [0.15, 0.2) is 12.1 Å². The van der Waals surface area contributed by atoms with Crippen LogP contribution >= 0.6 is 22.9 Å². The summed E-state index contributed by atoms with van der Waals surface area (Å²) in [4.78, 5) is 14.9. The van der Waals surface area contributed by atoms with Gasteiger partial charge in [-0.1, -0.05) is 11.6 Å². The molecule has 1 saturated heterocycles. The molecule has 140 valence electrons. The zero-order valence-electron chi connectivity index (χ0n) is 14.1. The molecule has 2 aliphatic rings. The summed E-state index contributed by atoms with van der Waals surface area (Å²) in [7, 11) is 0. The van der Waals surface area contributed by atoms with Gasteiger partial charge in [0.2, 0.25) is 0 Å². The van der Waals surface area contributed by atoms with Gasteiger partial charge in [-0.2, -0.15) is 5.10 Å². The summed E-state index contributed by atoms with van der Waals surface area (Å²) in [5.74, 6) is -0.306. The Kier molecular flexibility index (Phi) is 4.66. The van der Waals surface area contributed by atoms with Crippen LogP contribution in [-0.2, 0) is 11.3 Å². The molecule has 3 heterocycles. The first kappa shape index (κ1) is 17.8. The number of rotatable bonds is 5. The summed E-state index contributed by atoms with van der Waals surface area (Å²) < 4.78 is 15.4. The van der Waals surface area contributed by atoms with Crippen LogP contribution in [0.1, 0.15) is 42.2 Å². The number of nitrogens with one attached hydrogen (secondary N) is 2. The van der Waals surface area contributed by atoms with Crippen LogP contribution in [0.3, 0.4) is 0 Å². The molecule has 1 saturated carbocycles. The fourth-order valence-corrected chi connectivity index (χ4v) is 4.36. The van der Waals surface area contributed by atoms with E-state index < -0.39 is 5.60 Å². The van der Waals surface area contributed by atoms with Crippen molar-refractivity contribution in [1.29, 1.82) is 0 Å². The summed E-state index contributed by atoms with van der Waals surface area (Å²) in [6.45, 7) is 1.52. The number of carbonyl (C=O) groups is 1. The van der Waals surface area contributed by atoms with Crippen molar-refractivity contribution < 1.29 is 14.3 Å². The largest absolute Gasteiger partial charge is 0.380 e. The molecule has 2 fully saturated rings. The van der Waals surface area contributed by atoms with E-state index in [-0.39, 0.29) is 23.5 Å². The van der Waals surface area contributed by atoms with Gasteiger partial charge >= 0.3 is 0 Å². The minimum absolute atomic E-state index is 0.0316. The number of H-pyrrole nitrogens is 1. The molecular weight excluding hydrogens is 379 g/mol. The number of aromatic amines is 1. The van der Waals surface area contributed by atoms with Crippen molar-refractivity contribution in [3.05, 3.63) is 32.9 Å². The van der Waals surface area contributed by atoms with Gasteiger partial charge in [0.25, 0.3) is 5.91 Å². The molecule has 9 heteroatoms. The smallest absolute Gasteiger partial charge is 0.254 e. The number of carbonyl (C=O) groups excluding carboxylic acids is 1. The monoisotopic (exact) mass is 398 g/mol. The minimum Gasteiger partial charge on any atom is -0.380 e. The highest BCUT2D eigenvalue weighted by atomic mass is 35.5. The van der Waals surface area contributed by atoms with Gasteiger partial charge in [0.1, 0.15) is 11.3 Å². The summed E-state index contributed by atoms with van der Waals surface area (Å²) in [5, 5.41) is 19.9. The molecule has 1 aliphatic heterocycles. The Bertz CT molecular complexity index is 812. The second-order valence-electron chi connectivity index (χ2n) is 6.96. The highest BCUT2D eigenvalue weighted by molar-refractivity contribution is 7.16. The first-order valence-electron chi connectivity index (χ1n) is 8.70. The molecule has 26 heavy (non-hydrogen) atoms. The van der Waals surface area contributed by atoms with Crippen molar-refractivity contribution in [1.82, 2.24) is 15.1 Å². The molecular formula is C17H20ClFN4O2S. The molecule has 0 aromatic carbocycles. The molecule has 6 nitrogen and oxygen atoms in total. The fourth-order valence-electron chi connectivity index (χ4n) is 3.33. The van der Waals surface area contributed by atoms with Crippen molar-refractivity contribution in [3.8, 4) is 0 Å². The van der Waals surface area contributed by atoms with E-state index in [2.05, 4.69) is 15.5 Å². The van der Waals surface area contributed by atoms with Gasteiger partial charge < -0.3 is 15.3 Å². The molecule has 0 radical (unpaired) electrons. The van der Waals surface area contributed by atoms with E-state index in [1.54, 1.807) is 4.90 Å². The van der Waals surface area contributed by atoms with Crippen LogP contribution in [0.25, 0.3) is 0 Å². The van der Waals surface area contributed by atoms with E-state index >= 15 is 0 Å². The normalized spacial score (nSPS) is 19.6. The number of hydrogen-bond acceptors (Lipinski definition) is 5. The number of anilines is 1. The third kappa shape index (κ3) is 3.45. The van der Waals surface area contributed by atoms with Crippen LogP contribution in [0.2, 0.25) is 4.34 Å². The van der Waals surface area contributed by atoms with Crippen LogP contribution < -0.4 is 5.32 Å². The van der Waals surface area contributed by atoms with Crippen LogP contribution in [-0.4, -0.2) is 44.8 Å². The molecule has 2 aromatic rings. The zero-order valence-corrected chi connectivity index (χ0v) is 15.7. The molecule has 0 atom stereocenters. The summed E-state index contributed by atoms with van der Waals surface area (Å²) in [6.07, 6.45) is 2.38. The quantitative estimate of drug-likeness (QED) is 0.722. The number of aliphatic hydroxyl groups is 1. The Morgan fingerprint density at radius 3 is 2.81 bits per heavy atom. The Morgan fingerprint density at radius 2 is 2.19 bits per heavy atom. The average Bonchev–Trinajstić information content (AvgIpc) is 3.08. The minimum atomic E-state index is -1.13. The van der Waals surface area contributed by atoms with E-state index in [1.165, 1.54) is 11.3 Å². The van der Waals surface area contributed by atoms with Crippen molar-refractivity contribution in [3.63, 3.8) is 0 Å². The van der Waals surface area contributed by atoms with Crippen LogP contribution in [0, 0.1) is 5.82 Å². The van der Waals surface area contributed by atoms with Crippen molar-refractivity contribution in [2.75, 3.05) is 18.4 Å². The molecule has 2 aromatic heterocycles. The summed E-state index contributed by atoms with van der Waals surface area (Å²) in [5.41, 5.74) is -0.722. The number of likely N-dealkylation sites (tertiary alicyclic amines) is 1. The lowest BCUT2D eigenvalue weighted by Crippen LogP contribution is -2.44. The number of halogens is 2. The fraction of sp³-hybridized carbons (Fsp3) is 0.529. The SMILES string of the molecule is O=C(N1CCC(c2n[nH]c(NCc3ccc(Cl)s3)c2F)CC1)C1(O)CC1. The van der Waals surface area contributed by atoms with E-state index in [0.29, 0.717) is 55.3 Å². The Labute approximate surface area is 159 Å². The van der Waals surface area contributed by atoms with E-state index in [1.807, 2.05) is 12.1 Å². The number of nitrogens with zero attached hydrogens (tertiary/aromatic N) is 2. The second kappa shape index (κ2) is 6.83. The molecule has 0 spiro atoms. The summed E-state index contributed by atoms with van der Waals surface area (Å²) in [6, 6.07) is 3.71. The highest BCUT2D eigenvalue weighted by Gasteiger charge is 2.50.